The predicted octanol–water partition coefficient (Wildman–Crippen LogP) is 3.57. The molecule has 106 valence electrons. The molecule has 0 bridgehead atoms. The number of hydrogen-bond acceptors (Lipinski definition) is 3. The quantitative estimate of drug-likeness (QED) is 0.861. The number of halogens is 1. The number of thioether (sulfide) groups is 1. The van der Waals surface area contributed by atoms with E-state index in [1.165, 1.54) is 11.8 Å². The Bertz CT molecular complexity index is 764. The lowest BCUT2D eigenvalue weighted by Gasteiger charge is -1.98. The molecule has 3 rings (SSSR count). The molecule has 1 amide bonds. The van der Waals surface area contributed by atoms with Gasteiger partial charge in [-0.05, 0) is 42.1 Å². The van der Waals surface area contributed by atoms with Crippen LogP contribution >= 0.6 is 23.4 Å². The Labute approximate surface area is 131 Å². The summed E-state index contributed by atoms with van der Waals surface area (Å²) in [5.41, 5.74) is 1.61. The molecule has 1 N–H and O–H groups in total. The van der Waals surface area contributed by atoms with Crippen molar-refractivity contribution in [3.8, 4) is 0 Å². The molecule has 0 atom stereocenters. The average molecular weight is 318 g/mol. The zero-order valence-electron chi connectivity index (χ0n) is 11.2. The fraction of sp³-hybridized carbons (Fsp3) is 0.0667. The SMILES string of the molecule is Cn1cccc1/C=C1/SC(=Nc2ccccc2Cl)NC1=O. The van der Waals surface area contributed by atoms with E-state index in [0.717, 1.165) is 5.69 Å². The molecule has 0 unspecified atom stereocenters. The van der Waals surface area contributed by atoms with Crippen LogP contribution in [0.25, 0.3) is 6.08 Å². The summed E-state index contributed by atoms with van der Waals surface area (Å²) in [6, 6.07) is 11.2. The molecular formula is C15H12ClN3OS. The van der Waals surface area contributed by atoms with Crippen LogP contribution in [0, 0.1) is 0 Å². The number of rotatable bonds is 2. The lowest BCUT2D eigenvalue weighted by molar-refractivity contribution is -0.115. The van der Waals surface area contributed by atoms with Crippen LogP contribution < -0.4 is 5.32 Å². The van der Waals surface area contributed by atoms with Gasteiger partial charge in [-0.1, -0.05) is 23.7 Å². The summed E-state index contributed by atoms with van der Waals surface area (Å²) in [4.78, 5) is 17.0. The van der Waals surface area contributed by atoms with Crippen LogP contribution in [0.5, 0.6) is 0 Å². The summed E-state index contributed by atoms with van der Waals surface area (Å²) in [6.45, 7) is 0. The lowest BCUT2D eigenvalue weighted by atomic mass is 10.3. The molecule has 2 heterocycles. The normalized spacial score (nSPS) is 18.5. The number of nitrogens with one attached hydrogen (secondary N) is 1. The van der Waals surface area contributed by atoms with E-state index in [9.17, 15) is 4.79 Å². The van der Waals surface area contributed by atoms with Gasteiger partial charge in [0.25, 0.3) is 5.91 Å². The van der Waals surface area contributed by atoms with Crippen molar-refractivity contribution in [3.05, 3.63) is 58.2 Å². The van der Waals surface area contributed by atoms with E-state index in [1.807, 2.05) is 48.2 Å². The maximum atomic E-state index is 12.0. The number of carbonyl (C=O) groups is 1. The molecule has 0 spiro atoms. The molecule has 1 fully saturated rings. The third kappa shape index (κ3) is 3.04. The van der Waals surface area contributed by atoms with E-state index < -0.39 is 0 Å². The highest BCUT2D eigenvalue weighted by Gasteiger charge is 2.24. The Morgan fingerprint density at radius 2 is 2.10 bits per heavy atom. The van der Waals surface area contributed by atoms with Gasteiger partial charge in [0.2, 0.25) is 0 Å². The van der Waals surface area contributed by atoms with Gasteiger partial charge in [-0.15, -0.1) is 0 Å². The van der Waals surface area contributed by atoms with Gasteiger partial charge in [0.1, 0.15) is 0 Å². The second-order valence-electron chi connectivity index (χ2n) is 4.48. The van der Waals surface area contributed by atoms with Crippen molar-refractivity contribution in [2.75, 3.05) is 0 Å². The molecule has 1 aliphatic heterocycles. The van der Waals surface area contributed by atoms with Crippen LogP contribution in [-0.4, -0.2) is 15.6 Å². The van der Waals surface area contributed by atoms with Crippen LogP contribution in [-0.2, 0) is 11.8 Å². The first-order valence-electron chi connectivity index (χ1n) is 6.29. The zero-order valence-corrected chi connectivity index (χ0v) is 12.8. The highest BCUT2D eigenvalue weighted by molar-refractivity contribution is 8.18. The molecule has 0 saturated carbocycles. The van der Waals surface area contributed by atoms with E-state index in [1.54, 1.807) is 12.1 Å². The Kier molecular flexibility index (Phi) is 3.86. The van der Waals surface area contributed by atoms with Crippen LogP contribution in [0.2, 0.25) is 5.02 Å². The van der Waals surface area contributed by atoms with E-state index >= 15 is 0 Å². The third-order valence-electron chi connectivity index (χ3n) is 2.99. The minimum Gasteiger partial charge on any atom is -0.351 e. The van der Waals surface area contributed by atoms with Crippen molar-refractivity contribution >= 4 is 46.2 Å². The standard InChI is InChI=1S/C15H12ClN3OS/c1-19-8-4-5-10(19)9-13-14(20)18-15(21-13)17-12-7-3-2-6-11(12)16/h2-9H,1H3,(H,17,18,20)/b13-9+. The first-order valence-corrected chi connectivity index (χ1v) is 7.48. The highest BCUT2D eigenvalue weighted by Crippen LogP contribution is 2.30. The van der Waals surface area contributed by atoms with Crippen LogP contribution in [0.1, 0.15) is 5.69 Å². The fourth-order valence-electron chi connectivity index (χ4n) is 1.89. The molecule has 0 aliphatic carbocycles. The smallest absolute Gasteiger partial charge is 0.264 e. The van der Waals surface area contributed by atoms with Gasteiger partial charge in [-0.25, -0.2) is 4.99 Å². The van der Waals surface area contributed by atoms with Crippen LogP contribution in [0.15, 0.2) is 52.5 Å². The first kappa shape index (κ1) is 14.0. The number of aryl methyl sites for hydroxylation is 1. The molecule has 1 aromatic heterocycles. The van der Waals surface area contributed by atoms with Gasteiger partial charge in [0.15, 0.2) is 5.17 Å². The van der Waals surface area contributed by atoms with Crippen molar-refractivity contribution < 1.29 is 4.79 Å². The number of nitrogens with zero attached hydrogens (tertiary/aromatic N) is 2. The Hall–Kier alpha value is -1.98. The summed E-state index contributed by atoms with van der Waals surface area (Å²) < 4.78 is 1.95. The summed E-state index contributed by atoms with van der Waals surface area (Å²) in [5, 5.41) is 3.84. The fourth-order valence-corrected chi connectivity index (χ4v) is 2.89. The number of aliphatic imine (C=N–C) groups is 1. The second-order valence-corrected chi connectivity index (χ2v) is 5.91. The van der Waals surface area contributed by atoms with Gasteiger partial charge in [0.05, 0.1) is 15.6 Å². The lowest BCUT2D eigenvalue weighted by Crippen LogP contribution is -2.19. The molecular weight excluding hydrogens is 306 g/mol. The molecule has 2 aromatic rings. The second kappa shape index (κ2) is 5.79. The van der Waals surface area contributed by atoms with Crippen molar-refractivity contribution in [1.82, 2.24) is 9.88 Å². The zero-order chi connectivity index (χ0) is 14.8. The topological polar surface area (TPSA) is 46.4 Å². The monoisotopic (exact) mass is 317 g/mol. The maximum absolute atomic E-state index is 12.0. The minimum absolute atomic E-state index is 0.146. The van der Waals surface area contributed by atoms with Gasteiger partial charge in [-0.3, -0.25) is 4.79 Å². The molecule has 4 nitrogen and oxygen atoms in total. The van der Waals surface area contributed by atoms with Crippen LogP contribution in [0.4, 0.5) is 5.69 Å². The number of hydrogen-bond donors (Lipinski definition) is 1. The summed E-state index contributed by atoms with van der Waals surface area (Å²) in [6.07, 6.45) is 3.78. The Morgan fingerprint density at radius 1 is 1.29 bits per heavy atom. The number of amides is 1. The van der Waals surface area contributed by atoms with Gasteiger partial charge < -0.3 is 9.88 Å². The number of para-hydroxylation sites is 1. The highest BCUT2D eigenvalue weighted by atomic mass is 35.5. The molecule has 21 heavy (non-hydrogen) atoms. The molecule has 0 radical (unpaired) electrons. The number of carbonyl (C=O) groups excluding carboxylic acids is 1. The van der Waals surface area contributed by atoms with Crippen molar-refractivity contribution in [3.63, 3.8) is 0 Å². The maximum Gasteiger partial charge on any atom is 0.264 e. The van der Waals surface area contributed by atoms with E-state index in [4.69, 9.17) is 11.6 Å². The molecule has 6 heteroatoms. The van der Waals surface area contributed by atoms with Gasteiger partial charge in [-0.2, -0.15) is 0 Å². The third-order valence-corrected chi connectivity index (χ3v) is 4.22. The van der Waals surface area contributed by atoms with Crippen molar-refractivity contribution in [1.29, 1.82) is 0 Å². The van der Waals surface area contributed by atoms with Crippen LogP contribution in [0.3, 0.4) is 0 Å². The van der Waals surface area contributed by atoms with Crippen molar-refractivity contribution in [2.45, 2.75) is 0 Å². The number of benzene rings is 1. The van der Waals surface area contributed by atoms with Crippen molar-refractivity contribution in [2.24, 2.45) is 12.0 Å². The van der Waals surface area contributed by atoms with Gasteiger partial charge >= 0.3 is 0 Å². The Balaban J connectivity index is 1.87. The van der Waals surface area contributed by atoms with E-state index in [0.29, 0.717) is 20.8 Å². The molecule has 1 aromatic carbocycles. The minimum atomic E-state index is -0.146. The molecule has 1 saturated heterocycles. The van der Waals surface area contributed by atoms with E-state index in [2.05, 4.69) is 10.3 Å². The number of aromatic nitrogens is 1. The average Bonchev–Trinajstić information content (AvgIpc) is 3.00. The summed E-state index contributed by atoms with van der Waals surface area (Å²) in [5.74, 6) is -0.146. The molecule has 1 aliphatic rings. The summed E-state index contributed by atoms with van der Waals surface area (Å²) in [7, 11) is 1.93. The van der Waals surface area contributed by atoms with Gasteiger partial charge in [0, 0.05) is 18.9 Å². The number of amidine groups is 1. The predicted molar refractivity (Wildman–Crippen MR) is 87.7 cm³/mol. The largest absolute Gasteiger partial charge is 0.351 e. The Morgan fingerprint density at radius 3 is 2.81 bits per heavy atom. The first-order chi connectivity index (χ1) is 10.1. The van der Waals surface area contributed by atoms with E-state index in [-0.39, 0.29) is 5.91 Å². The summed E-state index contributed by atoms with van der Waals surface area (Å²) >= 11 is 7.37.